The lowest BCUT2D eigenvalue weighted by Gasteiger charge is -2.13. The van der Waals surface area contributed by atoms with Crippen molar-refractivity contribution in [3.05, 3.63) is 42.0 Å². The molecule has 0 atom stereocenters. The minimum absolute atomic E-state index is 0.0405. The number of nitrogens with zero attached hydrogens (tertiary/aromatic N) is 2. The van der Waals surface area contributed by atoms with Crippen LogP contribution in [0.25, 0.3) is 0 Å². The van der Waals surface area contributed by atoms with Crippen molar-refractivity contribution in [1.29, 1.82) is 0 Å². The van der Waals surface area contributed by atoms with E-state index in [1.165, 1.54) is 12.4 Å². The summed E-state index contributed by atoms with van der Waals surface area (Å²) in [7, 11) is 3.37. The maximum atomic E-state index is 12.7. The van der Waals surface area contributed by atoms with E-state index in [1.807, 2.05) is 19.2 Å². The van der Waals surface area contributed by atoms with Gasteiger partial charge in [-0.25, -0.2) is 4.98 Å². The van der Waals surface area contributed by atoms with Crippen molar-refractivity contribution >= 4 is 0 Å². The average molecular weight is 297 g/mol. The molecule has 0 spiro atoms. The standard InChI is InChI=1S/C14H17F2N3O2/c1-17-8-10-3-4-11(20-2)7-12(10)21-9-13-18-5-6-19(13)14(15)16/h3-7,14,17H,8-9H2,1-2H3. The lowest BCUT2D eigenvalue weighted by molar-refractivity contribution is 0.0632. The highest BCUT2D eigenvalue weighted by Gasteiger charge is 2.13. The first-order chi connectivity index (χ1) is 10.2. The number of methoxy groups -OCH3 is 1. The average Bonchev–Trinajstić information content (AvgIpc) is 2.95. The number of aromatic nitrogens is 2. The SMILES string of the molecule is CNCc1ccc(OC)cc1OCc1nccn1C(F)F. The summed E-state index contributed by atoms with van der Waals surface area (Å²) in [4.78, 5) is 3.88. The zero-order valence-corrected chi connectivity index (χ0v) is 11.8. The van der Waals surface area contributed by atoms with E-state index in [4.69, 9.17) is 9.47 Å². The predicted molar refractivity (Wildman–Crippen MR) is 73.6 cm³/mol. The summed E-state index contributed by atoms with van der Waals surface area (Å²) in [5, 5.41) is 3.02. The summed E-state index contributed by atoms with van der Waals surface area (Å²) in [5.41, 5.74) is 0.911. The molecular weight excluding hydrogens is 280 g/mol. The summed E-state index contributed by atoms with van der Waals surface area (Å²) in [6.07, 6.45) is 2.55. The minimum Gasteiger partial charge on any atom is -0.497 e. The van der Waals surface area contributed by atoms with Gasteiger partial charge in [-0.1, -0.05) is 6.07 Å². The lowest BCUT2D eigenvalue weighted by Crippen LogP contribution is -2.10. The monoisotopic (exact) mass is 297 g/mol. The molecule has 5 nitrogen and oxygen atoms in total. The number of benzene rings is 1. The van der Waals surface area contributed by atoms with Crippen molar-refractivity contribution in [2.24, 2.45) is 0 Å². The Kier molecular flexibility index (Phi) is 5.10. The van der Waals surface area contributed by atoms with Crippen molar-refractivity contribution in [2.75, 3.05) is 14.2 Å². The Labute approximate surface area is 121 Å². The molecule has 114 valence electrons. The smallest absolute Gasteiger partial charge is 0.320 e. The van der Waals surface area contributed by atoms with Crippen LogP contribution in [0.5, 0.6) is 11.5 Å². The molecule has 0 saturated carbocycles. The van der Waals surface area contributed by atoms with Crippen LogP contribution in [-0.4, -0.2) is 23.7 Å². The van der Waals surface area contributed by atoms with E-state index >= 15 is 0 Å². The van der Waals surface area contributed by atoms with Crippen LogP contribution in [-0.2, 0) is 13.2 Å². The first-order valence-corrected chi connectivity index (χ1v) is 6.40. The number of hydrogen-bond acceptors (Lipinski definition) is 4. The van der Waals surface area contributed by atoms with Crippen molar-refractivity contribution < 1.29 is 18.3 Å². The van der Waals surface area contributed by atoms with Gasteiger partial charge >= 0.3 is 6.55 Å². The number of nitrogens with one attached hydrogen (secondary N) is 1. The molecule has 1 aromatic heterocycles. The van der Waals surface area contributed by atoms with Gasteiger partial charge in [0.05, 0.1) is 7.11 Å². The molecule has 1 aromatic carbocycles. The molecule has 21 heavy (non-hydrogen) atoms. The maximum Gasteiger partial charge on any atom is 0.320 e. The number of alkyl halides is 2. The van der Waals surface area contributed by atoms with E-state index in [1.54, 1.807) is 13.2 Å². The quantitative estimate of drug-likeness (QED) is 0.853. The number of rotatable bonds is 7. The summed E-state index contributed by atoms with van der Waals surface area (Å²) >= 11 is 0. The van der Waals surface area contributed by atoms with E-state index in [-0.39, 0.29) is 12.4 Å². The van der Waals surface area contributed by atoms with Crippen LogP contribution in [0.1, 0.15) is 17.9 Å². The Morgan fingerprint density at radius 2 is 2.19 bits per heavy atom. The van der Waals surface area contributed by atoms with Gasteiger partial charge in [0, 0.05) is 30.6 Å². The van der Waals surface area contributed by atoms with Crippen molar-refractivity contribution in [3.8, 4) is 11.5 Å². The molecule has 0 aliphatic heterocycles. The molecule has 0 amide bonds. The molecule has 0 aliphatic carbocycles. The summed E-state index contributed by atoms with van der Waals surface area (Å²) in [6.45, 7) is -2.07. The number of ether oxygens (including phenoxy) is 2. The van der Waals surface area contributed by atoms with Gasteiger partial charge in [0.1, 0.15) is 18.1 Å². The first-order valence-electron chi connectivity index (χ1n) is 6.40. The van der Waals surface area contributed by atoms with Crippen LogP contribution in [0.3, 0.4) is 0 Å². The molecule has 0 unspecified atom stereocenters. The molecule has 2 rings (SSSR count). The Hall–Kier alpha value is -2.15. The highest BCUT2D eigenvalue weighted by atomic mass is 19.3. The van der Waals surface area contributed by atoms with Gasteiger partial charge in [-0.3, -0.25) is 4.57 Å². The maximum absolute atomic E-state index is 12.7. The zero-order valence-electron chi connectivity index (χ0n) is 11.8. The van der Waals surface area contributed by atoms with E-state index < -0.39 is 6.55 Å². The molecule has 1 N–H and O–H groups in total. The normalized spacial score (nSPS) is 10.9. The van der Waals surface area contributed by atoms with Crippen LogP contribution in [0, 0.1) is 0 Å². The van der Waals surface area contributed by atoms with Gasteiger partial charge < -0.3 is 14.8 Å². The highest BCUT2D eigenvalue weighted by molar-refractivity contribution is 5.40. The second-order valence-corrected chi connectivity index (χ2v) is 4.32. The van der Waals surface area contributed by atoms with Gasteiger partial charge in [-0.2, -0.15) is 8.78 Å². The van der Waals surface area contributed by atoms with E-state index in [2.05, 4.69) is 10.3 Å². The Balaban J connectivity index is 2.16. The van der Waals surface area contributed by atoms with Gasteiger partial charge in [-0.15, -0.1) is 0 Å². The third-order valence-electron chi connectivity index (χ3n) is 2.96. The van der Waals surface area contributed by atoms with Crippen molar-refractivity contribution in [3.63, 3.8) is 0 Å². The van der Waals surface area contributed by atoms with E-state index in [0.717, 1.165) is 10.1 Å². The number of halogens is 2. The number of hydrogen-bond donors (Lipinski definition) is 1. The number of imidazole rings is 1. The Morgan fingerprint density at radius 1 is 1.38 bits per heavy atom. The minimum atomic E-state index is -2.63. The van der Waals surface area contributed by atoms with Crippen LogP contribution < -0.4 is 14.8 Å². The molecule has 7 heteroatoms. The van der Waals surface area contributed by atoms with Gasteiger partial charge in [0.25, 0.3) is 0 Å². The van der Waals surface area contributed by atoms with Gasteiger partial charge in [-0.05, 0) is 13.1 Å². The summed E-state index contributed by atoms with van der Waals surface area (Å²) in [5.74, 6) is 1.39. The summed E-state index contributed by atoms with van der Waals surface area (Å²) < 4.78 is 37.0. The molecule has 0 saturated heterocycles. The van der Waals surface area contributed by atoms with Gasteiger partial charge in [0.15, 0.2) is 5.82 Å². The van der Waals surface area contributed by atoms with Crippen LogP contribution in [0.4, 0.5) is 8.78 Å². The Bertz CT molecular complexity index is 587. The van der Waals surface area contributed by atoms with Crippen LogP contribution in [0.15, 0.2) is 30.6 Å². The van der Waals surface area contributed by atoms with Crippen molar-refractivity contribution in [1.82, 2.24) is 14.9 Å². The second-order valence-electron chi connectivity index (χ2n) is 4.32. The largest absolute Gasteiger partial charge is 0.497 e. The highest BCUT2D eigenvalue weighted by Crippen LogP contribution is 2.26. The fourth-order valence-electron chi connectivity index (χ4n) is 1.91. The third-order valence-corrected chi connectivity index (χ3v) is 2.96. The molecular formula is C14H17F2N3O2. The Morgan fingerprint density at radius 3 is 2.86 bits per heavy atom. The molecule has 0 aliphatic rings. The fourth-order valence-corrected chi connectivity index (χ4v) is 1.91. The molecule has 0 fully saturated rings. The van der Waals surface area contributed by atoms with Crippen molar-refractivity contribution in [2.45, 2.75) is 19.7 Å². The van der Waals surface area contributed by atoms with Crippen LogP contribution >= 0.6 is 0 Å². The molecule has 0 radical (unpaired) electrons. The first kappa shape index (κ1) is 15.2. The molecule has 0 bridgehead atoms. The van der Waals surface area contributed by atoms with E-state index in [0.29, 0.717) is 18.0 Å². The van der Waals surface area contributed by atoms with Crippen LogP contribution in [0.2, 0.25) is 0 Å². The molecule has 1 heterocycles. The fraction of sp³-hybridized carbons (Fsp3) is 0.357. The van der Waals surface area contributed by atoms with Gasteiger partial charge in [0.2, 0.25) is 0 Å². The second kappa shape index (κ2) is 7.03. The zero-order chi connectivity index (χ0) is 15.2. The summed E-state index contributed by atoms with van der Waals surface area (Å²) in [6, 6.07) is 5.41. The lowest BCUT2D eigenvalue weighted by atomic mass is 10.2. The third kappa shape index (κ3) is 3.69. The predicted octanol–water partition coefficient (Wildman–Crippen LogP) is 2.59. The molecule has 2 aromatic rings. The van der Waals surface area contributed by atoms with E-state index in [9.17, 15) is 8.78 Å². The topological polar surface area (TPSA) is 48.3 Å².